The summed E-state index contributed by atoms with van der Waals surface area (Å²) in [5.74, 6) is 1.05. The molecule has 1 aromatic rings. The highest BCUT2D eigenvalue weighted by atomic mass is 32.2. The molecule has 0 N–H and O–H groups in total. The highest BCUT2D eigenvalue weighted by molar-refractivity contribution is 8.26. The molecule has 0 bridgehead atoms. The number of nitriles is 1. The summed E-state index contributed by atoms with van der Waals surface area (Å²) >= 11 is 6.76. The van der Waals surface area contributed by atoms with Crippen molar-refractivity contribution in [2.45, 2.75) is 59.9 Å². The van der Waals surface area contributed by atoms with Crippen LogP contribution in [0.3, 0.4) is 0 Å². The Hall–Kier alpha value is -2.11. The van der Waals surface area contributed by atoms with Gasteiger partial charge < -0.3 is 4.90 Å². The summed E-state index contributed by atoms with van der Waals surface area (Å²) in [5.41, 5.74) is 1.35. The maximum absolute atomic E-state index is 13.2. The number of nitrogens with zero attached hydrogens (tertiary/aromatic N) is 4. The molecule has 166 valence electrons. The van der Waals surface area contributed by atoms with Crippen LogP contribution in [0.2, 0.25) is 0 Å². The number of thioether (sulfide) groups is 1. The van der Waals surface area contributed by atoms with Crippen molar-refractivity contribution in [2.24, 2.45) is 5.92 Å². The van der Waals surface area contributed by atoms with Gasteiger partial charge in [0, 0.05) is 31.7 Å². The Labute approximate surface area is 193 Å². The third-order valence-corrected chi connectivity index (χ3v) is 7.06. The van der Waals surface area contributed by atoms with Gasteiger partial charge in [0.05, 0.1) is 4.91 Å². The summed E-state index contributed by atoms with van der Waals surface area (Å²) in [5, 5.41) is 9.73. The minimum atomic E-state index is -0.236. The molecule has 1 aromatic heterocycles. The maximum atomic E-state index is 13.2. The first-order chi connectivity index (χ1) is 14.8. The minimum Gasteiger partial charge on any atom is -0.357 e. The van der Waals surface area contributed by atoms with E-state index < -0.39 is 0 Å². The summed E-state index contributed by atoms with van der Waals surface area (Å²) in [7, 11) is 0. The number of thiocarbonyl (C=S) groups is 1. The van der Waals surface area contributed by atoms with E-state index in [2.05, 4.69) is 31.7 Å². The van der Waals surface area contributed by atoms with Crippen LogP contribution in [0, 0.1) is 24.2 Å². The van der Waals surface area contributed by atoms with Gasteiger partial charge in [0.1, 0.15) is 21.8 Å². The Morgan fingerprint density at radius 1 is 1.26 bits per heavy atom. The van der Waals surface area contributed by atoms with Gasteiger partial charge in [-0.2, -0.15) is 5.26 Å². The molecule has 2 saturated heterocycles. The minimum absolute atomic E-state index is 0.0970. The van der Waals surface area contributed by atoms with E-state index in [1.807, 2.05) is 13.0 Å². The first-order valence-corrected chi connectivity index (χ1v) is 12.2. The number of hydrogen-bond donors (Lipinski definition) is 0. The molecule has 0 aromatic carbocycles. The van der Waals surface area contributed by atoms with Gasteiger partial charge in [-0.3, -0.25) is 19.1 Å². The van der Waals surface area contributed by atoms with Crippen LogP contribution in [-0.4, -0.2) is 39.3 Å². The van der Waals surface area contributed by atoms with Crippen LogP contribution in [0.1, 0.15) is 63.1 Å². The molecule has 1 amide bonds. The second kappa shape index (κ2) is 10.0. The molecule has 2 fully saturated rings. The van der Waals surface area contributed by atoms with E-state index in [0.29, 0.717) is 33.8 Å². The fraction of sp³-hybridized carbons (Fsp3) is 0.565. The van der Waals surface area contributed by atoms with Crippen LogP contribution in [0.15, 0.2) is 9.70 Å². The van der Waals surface area contributed by atoms with Crippen molar-refractivity contribution in [2.75, 3.05) is 24.5 Å². The molecule has 0 aliphatic carbocycles. The van der Waals surface area contributed by atoms with Crippen LogP contribution in [0.25, 0.3) is 6.08 Å². The molecule has 31 heavy (non-hydrogen) atoms. The zero-order valence-electron chi connectivity index (χ0n) is 18.7. The lowest BCUT2D eigenvalue weighted by Gasteiger charge is -2.27. The summed E-state index contributed by atoms with van der Waals surface area (Å²) in [6.07, 6.45) is 5.79. The molecule has 0 radical (unpaired) electrons. The average Bonchev–Trinajstić information content (AvgIpc) is 3.34. The molecule has 2 aliphatic rings. The molecule has 3 heterocycles. The first-order valence-electron chi connectivity index (χ1n) is 11.0. The predicted molar refractivity (Wildman–Crippen MR) is 131 cm³/mol. The Morgan fingerprint density at radius 3 is 2.52 bits per heavy atom. The van der Waals surface area contributed by atoms with E-state index in [1.165, 1.54) is 11.8 Å². The zero-order valence-corrected chi connectivity index (χ0v) is 20.4. The third kappa shape index (κ3) is 4.73. The van der Waals surface area contributed by atoms with Crippen molar-refractivity contribution in [1.82, 2.24) is 9.47 Å². The van der Waals surface area contributed by atoms with Crippen LogP contribution < -0.4 is 10.5 Å². The molecule has 2 aliphatic heterocycles. The van der Waals surface area contributed by atoms with E-state index in [0.717, 1.165) is 50.2 Å². The molecule has 0 spiro atoms. The van der Waals surface area contributed by atoms with Crippen molar-refractivity contribution >= 4 is 46.1 Å². The molecular weight excluding hydrogens is 428 g/mol. The lowest BCUT2D eigenvalue weighted by molar-refractivity contribution is -0.122. The molecule has 0 atom stereocenters. The van der Waals surface area contributed by atoms with Gasteiger partial charge in [0.2, 0.25) is 0 Å². The van der Waals surface area contributed by atoms with Gasteiger partial charge in [-0.1, -0.05) is 51.2 Å². The SMILES string of the molecule is CCCCn1c(N2CCCC2)c(C=C2SC(=S)N(CC(C)C)C2=O)c(C)c(C#N)c1=O. The Kier molecular flexibility index (Phi) is 7.60. The van der Waals surface area contributed by atoms with Gasteiger partial charge in [0.25, 0.3) is 11.5 Å². The monoisotopic (exact) mass is 458 g/mol. The molecule has 0 saturated carbocycles. The quantitative estimate of drug-likeness (QED) is 0.449. The van der Waals surface area contributed by atoms with Crippen LogP contribution in [0.5, 0.6) is 0 Å². The smallest absolute Gasteiger partial charge is 0.270 e. The van der Waals surface area contributed by atoms with Crippen LogP contribution in [0.4, 0.5) is 5.82 Å². The number of unbranched alkanes of at least 4 members (excludes halogenated alkanes) is 1. The number of anilines is 1. The van der Waals surface area contributed by atoms with E-state index in [1.54, 1.807) is 9.47 Å². The Bertz CT molecular complexity index is 1010. The normalized spacial score (nSPS) is 18.0. The fourth-order valence-corrected chi connectivity index (χ4v) is 5.35. The predicted octanol–water partition coefficient (Wildman–Crippen LogP) is 4.29. The number of carbonyl (C=O) groups is 1. The molecule has 0 unspecified atom stereocenters. The van der Waals surface area contributed by atoms with Crippen molar-refractivity contribution in [1.29, 1.82) is 5.26 Å². The number of rotatable bonds is 7. The van der Waals surface area contributed by atoms with Crippen molar-refractivity contribution in [3.63, 3.8) is 0 Å². The molecule has 6 nitrogen and oxygen atoms in total. The van der Waals surface area contributed by atoms with E-state index in [9.17, 15) is 14.9 Å². The average molecular weight is 459 g/mol. The third-order valence-electron chi connectivity index (χ3n) is 5.68. The zero-order chi connectivity index (χ0) is 22.7. The van der Waals surface area contributed by atoms with Crippen molar-refractivity contribution < 1.29 is 4.79 Å². The number of aromatic nitrogens is 1. The van der Waals surface area contributed by atoms with Gasteiger partial charge in [-0.05, 0) is 43.7 Å². The van der Waals surface area contributed by atoms with Gasteiger partial charge in [0.15, 0.2) is 0 Å². The molecule has 3 rings (SSSR count). The second-order valence-electron chi connectivity index (χ2n) is 8.54. The van der Waals surface area contributed by atoms with Crippen molar-refractivity contribution in [3.8, 4) is 6.07 Å². The standard InChI is InChI=1S/C23H30N4O2S2/c1-5-6-11-26-20(25-9-7-8-10-25)17(16(4)18(13-24)21(26)28)12-19-22(29)27(14-15(2)3)23(30)31-19/h12,15H,5-11,14H2,1-4H3. The topological polar surface area (TPSA) is 69.3 Å². The largest absolute Gasteiger partial charge is 0.357 e. The first kappa shape index (κ1) is 23.6. The van der Waals surface area contributed by atoms with Gasteiger partial charge in [-0.15, -0.1) is 0 Å². The fourth-order valence-electron chi connectivity index (χ4n) is 4.09. The van der Waals surface area contributed by atoms with E-state index >= 15 is 0 Å². The molecule has 8 heteroatoms. The number of hydrogen-bond acceptors (Lipinski definition) is 6. The van der Waals surface area contributed by atoms with E-state index in [-0.39, 0.29) is 17.0 Å². The van der Waals surface area contributed by atoms with Crippen LogP contribution >= 0.6 is 24.0 Å². The highest BCUT2D eigenvalue weighted by Gasteiger charge is 2.33. The summed E-state index contributed by atoms with van der Waals surface area (Å²) < 4.78 is 2.31. The number of pyridine rings is 1. The van der Waals surface area contributed by atoms with Crippen LogP contribution in [-0.2, 0) is 11.3 Å². The number of carbonyl (C=O) groups excluding carboxylic acids is 1. The Morgan fingerprint density at radius 2 is 1.94 bits per heavy atom. The number of amides is 1. The molecular formula is C23H30N4O2S2. The summed E-state index contributed by atoms with van der Waals surface area (Å²) in [6, 6.07) is 2.11. The lowest BCUT2D eigenvalue weighted by atomic mass is 10.0. The lowest BCUT2D eigenvalue weighted by Crippen LogP contribution is -2.33. The second-order valence-corrected chi connectivity index (χ2v) is 10.2. The van der Waals surface area contributed by atoms with E-state index in [4.69, 9.17) is 12.2 Å². The summed E-state index contributed by atoms with van der Waals surface area (Å²) in [4.78, 5) is 30.7. The summed E-state index contributed by atoms with van der Waals surface area (Å²) in [6.45, 7) is 10.9. The van der Waals surface area contributed by atoms with Gasteiger partial charge >= 0.3 is 0 Å². The van der Waals surface area contributed by atoms with Gasteiger partial charge in [-0.25, -0.2) is 0 Å². The van der Waals surface area contributed by atoms with Crippen molar-refractivity contribution in [3.05, 3.63) is 31.9 Å². The highest BCUT2D eigenvalue weighted by Crippen LogP contribution is 2.36. The Balaban J connectivity index is 2.20. The maximum Gasteiger partial charge on any atom is 0.270 e.